The van der Waals surface area contributed by atoms with Crippen LogP contribution >= 0.6 is 0 Å². The van der Waals surface area contributed by atoms with Crippen molar-refractivity contribution in [2.75, 3.05) is 19.8 Å². The number of nitrogens with zero attached hydrogens (tertiary/aromatic N) is 2. The Morgan fingerprint density at radius 3 is 2.54 bits per heavy atom. The van der Waals surface area contributed by atoms with Crippen LogP contribution in [-0.4, -0.2) is 88.2 Å². The van der Waals surface area contributed by atoms with Crippen molar-refractivity contribution in [3.8, 4) is 0 Å². The molecule has 1 aliphatic carbocycles. The van der Waals surface area contributed by atoms with E-state index in [0.717, 1.165) is 37.7 Å². The fraction of sp³-hybridized carbons (Fsp3) is 0.611. The number of ether oxygens (including phenoxy) is 2. The molecule has 2 N–H and O–H groups in total. The molecule has 5 rings (SSSR count). The number of hydrogen-bond donors (Lipinski definition) is 2. The number of allylic oxidation sites excluding steroid dienone is 1. The van der Waals surface area contributed by atoms with Crippen LogP contribution in [0.5, 0.6) is 0 Å². The summed E-state index contributed by atoms with van der Waals surface area (Å²) in [7, 11) is 0. The van der Waals surface area contributed by atoms with Crippen LogP contribution in [-0.2, 0) is 28.7 Å². The zero-order valence-corrected chi connectivity index (χ0v) is 27.0. The van der Waals surface area contributed by atoms with Crippen molar-refractivity contribution in [1.82, 2.24) is 15.1 Å². The van der Waals surface area contributed by atoms with Crippen molar-refractivity contribution in [3.63, 3.8) is 0 Å². The monoisotopic (exact) mass is 635 g/mol. The van der Waals surface area contributed by atoms with E-state index in [0.29, 0.717) is 32.2 Å². The maximum atomic E-state index is 14.7. The Hall–Kier alpha value is -3.50. The van der Waals surface area contributed by atoms with Gasteiger partial charge in [0, 0.05) is 19.0 Å². The summed E-state index contributed by atoms with van der Waals surface area (Å²) in [6, 6.07) is 7.13. The number of carbonyl (C=O) groups is 4. The average molecular weight is 636 g/mol. The Kier molecular flexibility index (Phi) is 11.0. The number of fused-ring (bicyclic) bond motifs is 1. The summed E-state index contributed by atoms with van der Waals surface area (Å²) in [5.74, 6) is -2.98. The largest absolute Gasteiger partial charge is 0.463 e. The normalized spacial score (nSPS) is 28.3. The second-order valence-corrected chi connectivity index (χ2v) is 13.1. The molecule has 46 heavy (non-hydrogen) atoms. The lowest BCUT2D eigenvalue weighted by molar-refractivity contribution is -0.153. The number of aliphatic hydroxyl groups excluding tert-OH is 1. The number of likely N-dealkylation sites (tertiary alicyclic amines) is 1. The van der Waals surface area contributed by atoms with Crippen molar-refractivity contribution in [1.29, 1.82) is 0 Å². The van der Waals surface area contributed by atoms with Crippen LogP contribution in [0.1, 0.15) is 82.7 Å². The highest BCUT2D eigenvalue weighted by Crippen LogP contribution is 2.59. The summed E-state index contributed by atoms with van der Waals surface area (Å²) in [5.41, 5.74) is -0.408. The molecule has 4 aliphatic rings. The minimum Gasteiger partial charge on any atom is -0.463 e. The quantitative estimate of drug-likeness (QED) is 0.222. The maximum Gasteiger partial charge on any atom is 0.306 e. The van der Waals surface area contributed by atoms with Crippen LogP contribution in [0.2, 0.25) is 0 Å². The number of carbonyl (C=O) groups excluding carboxylic acids is 4. The Morgan fingerprint density at radius 2 is 1.89 bits per heavy atom. The fourth-order valence-electron chi connectivity index (χ4n) is 8.23. The Balaban J connectivity index is 1.45. The van der Waals surface area contributed by atoms with Crippen LogP contribution in [0.25, 0.3) is 0 Å². The van der Waals surface area contributed by atoms with Crippen molar-refractivity contribution >= 4 is 23.7 Å². The number of amides is 3. The zero-order chi connectivity index (χ0) is 32.8. The summed E-state index contributed by atoms with van der Waals surface area (Å²) in [4.78, 5) is 59.1. The highest BCUT2D eigenvalue weighted by Gasteiger charge is 2.75. The molecule has 7 atom stereocenters. The lowest BCUT2D eigenvalue weighted by atomic mass is 9.70. The van der Waals surface area contributed by atoms with Gasteiger partial charge < -0.3 is 29.7 Å². The molecule has 10 nitrogen and oxygen atoms in total. The van der Waals surface area contributed by atoms with Crippen LogP contribution in [0.4, 0.5) is 0 Å². The lowest BCUT2D eigenvalue weighted by Gasteiger charge is -2.42. The van der Waals surface area contributed by atoms with Gasteiger partial charge in [-0.3, -0.25) is 19.2 Å². The number of rotatable bonds is 15. The second kappa shape index (κ2) is 14.9. The molecule has 3 aliphatic heterocycles. The maximum absolute atomic E-state index is 14.7. The fourth-order valence-corrected chi connectivity index (χ4v) is 8.23. The topological polar surface area (TPSA) is 125 Å². The minimum absolute atomic E-state index is 0.0411. The predicted molar refractivity (Wildman–Crippen MR) is 172 cm³/mol. The molecule has 4 fully saturated rings. The third-order valence-electron chi connectivity index (χ3n) is 10.5. The van der Waals surface area contributed by atoms with E-state index in [4.69, 9.17) is 9.47 Å². The van der Waals surface area contributed by atoms with Crippen LogP contribution in [0, 0.1) is 11.8 Å². The first kappa shape index (κ1) is 33.9. The Morgan fingerprint density at radius 1 is 1.15 bits per heavy atom. The molecule has 10 heteroatoms. The summed E-state index contributed by atoms with van der Waals surface area (Å²) in [5, 5.41) is 13.5. The molecule has 3 amide bonds. The predicted octanol–water partition coefficient (Wildman–Crippen LogP) is 3.85. The van der Waals surface area contributed by atoms with E-state index in [1.165, 1.54) is 0 Å². The Bertz CT molecular complexity index is 1280. The molecular formula is C36H49N3O7. The van der Waals surface area contributed by atoms with E-state index < -0.39 is 47.6 Å². The summed E-state index contributed by atoms with van der Waals surface area (Å²) in [6.07, 6.45) is 9.96. The van der Waals surface area contributed by atoms with E-state index in [9.17, 15) is 24.3 Å². The second-order valence-electron chi connectivity index (χ2n) is 13.1. The van der Waals surface area contributed by atoms with Crippen LogP contribution in [0.3, 0.4) is 0 Å². The first-order valence-electron chi connectivity index (χ1n) is 16.9. The number of esters is 1. The number of hydrogen-bond acceptors (Lipinski definition) is 7. The van der Waals surface area contributed by atoms with Gasteiger partial charge in [0.05, 0.1) is 36.6 Å². The molecule has 0 aromatic heterocycles. The van der Waals surface area contributed by atoms with Crippen molar-refractivity contribution < 1.29 is 33.8 Å². The molecule has 1 saturated carbocycles. The lowest BCUT2D eigenvalue weighted by Crippen LogP contribution is -2.60. The molecule has 1 spiro atoms. The first-order chi connectivity index (χ1) is 22.3. The standard InChI is InChI=1S/C36H49N3O7/c1-4-7-18-29(41)45-23-27(24-14-10-8-11-15-24)37-33(42)30-28-19-20-36(46-28)31(30)34(43)39(25(6-3)22-40)32(36)35(44)38(21-5-2)26-16-12-9-13-17-26/h4-5,8,10-11,14-15,25-28,30-32,40H,1-2,6-7,9,12-13,16-23H2,3H3,(H,37,42)/t25-,27-,28-,30+,31+,32-,36+/m0/s1. The SMILES string of the molecule is C=CCCC(=O)OC[C@H](NC(=O)[C@@H]1[C@@H]2CC[C@]3(O2)[C@H](C(=O)N(CC=C)C2CCCCC2)N([C@@H](CC)CO)C(=O)[C@@H]13)c1ccccc1. The van der Waals surface area contributed by atoms with E-state index >= 15 is 0 Å². The van der Waals surface area contributed by atoms with Gasteiger partial charge >= 0.3 is 5.97 Å². The Labute approximate surface area is 272 Å². The van der Waals surface area contributed by atoms with Crippen molar-refractivity contribution in [2.45, 2.75) is 107 Å². The number of nitrogens with one attached hydrogen (secondary N) is 1. The molecule has 2 bridgehead atoms. The summed E-state index contributed by atoms with van der Waals surface area (Å²) in [6.45, 7) is 9.43. The number of aliphatic hydroxyl groups is 1. The molecule has 0 radical (unpaired) electrons. The van der Waals surface area contributed by atoms with Crippen molar-refractivity contribution in [3.05, 3.63) is 61.2 Å². The van der Waals surface area contributed by atoms with Gasteiger partial charge in [-0.05, 0) is 44.1 Å². The highest BCUT2D eigenvalue weighted by atomic mass is 16.5. The highest BCUT2D eigenvalue weighted by molar-refractivity contribution is 5.99. The smallest absolute Gasteiger partial charge is 0.306 e. The zero-order valence-electron chi connectivity index (χ0n) is 27.0. The molecule has 0 unspecified atom stereocenters. The third kappa shape index (κ3) is 6.38. The van der Waals surface area contributed by atoms with E-state index in [2.05, 4.69) is 18.5 Å². The average Bonchev–Trinajstić information content (AvgIpc) is 3.73. The first-order valence-corrected chi connectivity index (χ1v) is 16.9. The molecule has 1 aromatic carbocycles. The molecule has 1 aromatic rings. The third-order valence-corrected chi connectivity index (χ3v) is 10.5. The van der Waals surface area contributed by atoms with Gasteiger partial charge in [-0.2, -0.15) is 0 Å². The molecule has 250 valence electrons. The minimum atomic E-state index is -1.17. The van der Waals surface area contributed by atoms with E-state index in [1.807, 2.05) is 42.2 Å². The summed E-state index contributed by atoms with van der Waals surface area (Å²) < 4.78 is 12.2. The van der Waals surface area contributed by atoms with E-state index in [1.54, 1.807) is 17.1 Å². The van der Waals surface area contributed by atoms with E-state index in [-0.39, 0.29) is 43.4 Å². The number of benzene rings is 1. The van der Waals surface area contributed by atoms with Gasteiger partial charge in [-0.15, -0.1) is 13.2 Å². The van der Waals surface area contributed by atoms with Gasteiger partial charge in [-0.25, -0.2) is 0 Å². The van der Waals surface area contributed by atoms with Gasteiger partial charge in [0.15, 0.2) is 0 Å². The van der Waals surface area contributed by atoms with Crippen LogP contribution in [0.15, 0.2) is 55.6 Å². The van der Waals surface area contributed by atoms with Crippen LogP contribution < -0.4 is 5.32 Å². The molecule has 3 heterocycles. The van der Waals surface area contributed by atoms with Gasteiger partial charge in [0.1, 0.15) is 18.2 Å². The van der Waals surface area contributed by atoms with Gasteiger partial charge in [-0.1, -0.05) is 68.7 Å². The van der Waals surface area contributed by atoms with Gasteiger partial charge in [0.2, 0.25) is 17.7 Å². The molecular weight excluding hydrogens is 586 g/mol. The van der Waals surface area contributed by atoms with Crippen molar-refractivity contribution in [2.24, 2.45) is 11.8 Å². The molecule has 3 saturated heterocycles. The summed E-state index contributed by atoms with van der Waals surface area (Å²) >= 11 is 0. The van der Waals surface area contributed by atoms with Gasteiger partial charge in [0.25, 0.3) is 0 Å².